The van der Waals surface area contributed by atoms with E-state index in [2.05, 4.69) is 11.8 Å². The van der Waals surface area contributed by atoms with Gasteiger partial charge in [-0.15, -0.1) is 0 Å². The highest BCUT2D eigenvalue weighted by Gasteiger charge is 2.17. The van der Waals surface area contributed by atoms with Crippen LogP contribution in [0.5, 0.6) is 0 Å². The minimum atomic E-state index is -1.34. The minimum Gasteiger partial charge on any atom is -0.478 e. The number of carboxylic acid groups (broad SMARTS) is 4. The highest BCUT2D eigenvalue weighted by molar-refractivity contribution is 6.02. The summed E-state index contributed by atoms with van der Waals surface area (Å²) in [4.78, 5) is 44.5. The van der Waals surface area contributed by atoms with Crippen molar-refractivity contribution in [1.82, 2.24) is 0 Å². The van der Waals surface area contributed by atoms with Crippen molar-refractivity contribution >= 4 is 23.9 Å². The average molecular weight is 410 g/mol. The largest absolute Gasteiger partial charge is 0.478 e. The first kappa shape index (κ1) is 22.2. The monoisotopic (exact) mass is 410 g/mol. The van der Waals surface area contributed by atoms with Crippen molar-refractivity contribution in [2.24, 2.45) is 0 Å². The predicted molar refractivity (Wildman–Crippen MR) is 105 cm³/mol. The standard InChI is InChI=1S/C22H18O8/c23-19(24)15-9-7-13(11-17(15)21(27)28)5-3-1-2-4-6-14-8-10-16(20(25)26)18(12-14)22(29)30/h7-12H,1-3,5H2,(H,23,24)(H,25,26)(H,27,28)(H,29,30). The van der Waals surface area contributed by atoms with Crippen LogP contribution < -0.4 is 0 Å². The van der Waals surface area contributed by atoms with Gasteiger partial charge in [-0.05, 0) is 55.2 Å². The van der Waals surface area contributed by atoms with Gasteiger partial charge in [0.15, 0.2) is 0 Å². The maximum Gasteiger partial charge on any atom is 0.336 e. The van der Waals surface area contributed by atoms with Gasteiger partial charge in [-0.3, -0.25) is 0 Å². The SMILES string of the molecule is O=C(O)c1ccc(C#CCCCCc2ccc(C(=O)O)c(C(=O)O)c2)cc1C(=O)O. The average Bonchev–Trinajstić information content (AvgIpc) is 2.69. The molecule has 0 radical (unpaired) electrons. The van der Waals surface area contributed by atoms with Crippen molar-refractivity contribution < 1.29 is 39.6 Å². The molecule has 30 heavy (non-hydrogen) atoms. The lowest BCUT2D eigenvalue weighted by atomic mass is 10.00. The van der Waals surface area contributed by atoms with Crippen molar-refractivity contribution in [3.05, 3.63) is 69.8 Å². The molecule has 8 heteroatoms. The summed E-state index contributed by atoms with van der Waals surface area (Å²) in [5, 5.41) is 36.3. The number of rotatable bonds is 8. The molecule has 0 saturated carbocycles. The summed E-state index contributed by atoms with van der Waals surface area (Å²) in [7, 11) is 0. The van der Waals surface area contributed by atoms with Crippen LogP contribution in [0.1, 0.15) is 71.8 Å². The van der Waals surface area contributed by atoms with Crippen LogP contribution in [0.25, 0.3) is 0 Å². The third kappa shape index (κ3) is 5.69. The molecule has 154 valence electrons. The first-order valence-corrected chi connectivity index (χ1v) is 8.89. The van der Waals surface area contributed by atoms with Crippen LogP contribution in [0.3, 0.4) is 0 Å². The highest BCUT2D eigenvalue weighted by atomic mass is 16.4. The van der Waals surface area contributed by atoms with Gasteiger partial charge in [0.25, 0.3) is 0 Å². The summed E-state index contributed by atoms with van der Waals surface area (Å²) in [5.74, 6) is 0.436. The van der Waals surface area contributed by atoms with Gasteiger partial charge >= 0.3 is 23.9 Å². The number of aromatic carboxylic acids is 4. The molecule has 0 aliphatic carbocycles. The minimum absolute atomic E-state index is 0.251. The summed E-state index contributed by atoms with van der Waals surface area (Å²) < 4.78 is 0. The summed E-state index contributed by atoms with van der Waals surface area (Å²) >= 11 is 0. The molecule has 0 unspecified atom stereocenters. The van der Waals surface area contributed by atoms with Gasteiger partial charge in [0.05, 0.1) is 22.3 Å². The predicted octanol–water partition coefficient (Wildman–Crippen LogP) is 3.24. The van der Waals surface area contributed by atoms with Gasteiger partial charge in [0.1, 0.15) is 0 Å². The fraction of sp³-hybridized carbons (Fsp3) is 0.182. The first-order valence-electron chi connectivity index (χ1n) is 8.89. The normalized spacial score (nSPS) is 10.0. The summed E-state index contributed by atoms with van der Waals surface area (Å²) in [6.07, 6.45) is 2.44. The lowest BCUT2D eigenvalue weighted by Gasteiger charge is -2.05. The molecular weight excluding hydrogens is 392 g/mol. The number of unbranched alkanes of at least 4 members (excludes halogenated alkanes) is 2. The second-order valence-electron chi connectivity index (χ2n) is 6.37. The Balaban J connectivity index is 1.95. The lowest BCUT2D eigenvalue weighted by molar-refractivity contribution is 0.0651. The topological polar surface area (TPSA) is 149 Å². The highest BCUT2D eigenvalue weighted by Crippen LogP contribution is 2.15. The van der Waals surface area contributed by atoms with E-state index in [9.17, 15) is 19.2 Å². The Morgan fingerprint density at radius 1 is 0.667 bits per heavy atom. The van der Waals surface area contributed by atoms with Crippen molar-refractivity contribution in [2.75, 3.05) is 0 Å². The van der Waals surface area contributed by atoms with Crippen molar-refractivity contribution in [2.45, 2.75) is 25.7 Å². The number of aryl methyl sites for hydroxylation is 1. The smallest absolute Gasteiger partial charge is 0.336 e. The Morgan fingerprint density at radius 2 is 1.20 bits per heavy atom. The zero-order valence-corrected chi connectivity index (χ0v) is 15.7. The van der Waals surface area contributed by atoms with Crippen LogP contribution in [0.15, 0.2) is 36.4 Å². The van der Waals surface area contributed by atoms with Gasteiger partial charge in [-0.1, -0.05) is 17.9 Å². The molecule has 2 rings (SSSR count). The summed E-state index contributed by atoms with van der Waals surface area (Å²) in [6.45, 7) is 0. The molecular formula is C22H18O8. The van der Waals surface area contributed by atoms with Crippen molar-refractivity contribution in [1.29, 1.82) is 0 Å². The van der Waals surface area contributed by atoms with Gasteiger partial charge < -0.3 is 20.4 Å². The number of hydrogen-bond donors (Lipinski definition) is 4. The van der Waals surface area contributed by atoms with Gasteiger partial charge in [-0.2, -0.15) is 0 Å². The zero-order chi connectivity index (χ0) is 22.3. The van der Waals surface area contributed by atoms with E-state index in [1.165, 1.54) is 30.3 Å². The van der Waals surface area contributed by atoms with Crippen LogP contribution in [0.4, 0.5) is 0 Å². The third-order valence-corrected chi connectivity index (χ3v) is 4.28. The summed E-state index contributed by atoms with van der Waals surface area (Å²) in [6, 6.07) is 8.09. The van der Waals surface area contributed by atoms with Crippen LogP contribution in [-0.2, 0) is 6.42 Å². The molecule has 0 heterocycles. The zero-order valence-electron chi connectivity index (χ0n) is 15.7. The number of hydrogen-bond acceptors (Lipinski definition) is 4. The Hall–Kier alpha value is -4.12. The van der Waals surface area contributed by atoms with E-state index in [1.807, 2.05) is 0 Å². The maximum absolute atomic E-state index is 11.2. The van der Waals surface area contributed by atoms with E-state index >= 15 is 0 Å². The fourth-order valence-corrected chi connectivity index (χ4v) is 2.80. The molecule has 4 N–H and O–H groups in total. The second-order valence-corrected chi connectivity index (χ2v) is 6.37. The Kier molecular flexibility index (Phi) is 7.31. The number of carbonyl (C=O) groups is 4. The quantitative estimate of drug-likeness (QED) is 0.383. The van der Waals surface area contributed by atoms with Crippen LogP contribution in [-0.4, -0.2) is 44.3 Å². The first-order chi connectivity index (χ1) is 14.2. The molecule has 0 spiro atoms. The maximum atomic E-state index is 11.2. The molecule has 0 fully saturated rings. The molecule has 0 atom stereocenters. The Morgan fingerprint density at radius 3 is 1.77 bits per heavy atom. The second kappa shape index (κ2) is 9.89. The van der Waals surface area contributed by atoms with E-state index in [-0.39, 0.29) is 22.3 Å². The molecule has 8 nitrogen and oxygen atoms in total. The van der Waals surface area contributed by atoms with E-state index in [0.29, 0.717) is 36.8 Å². The van der Waals surface area contributed by atoms with E-state index in [4.69, 9.17) is 20.4 Å². The van der Waals surface area contributed by atoms with Crippen LogP contribution in [0, 0.1) is 11.8 Å². The molecule has 0 amide bonds. The van der Waals surface area contributed by atoms with E-state index in [1.54, 1.807) is 6.07 Å². The molecule has 0 aliphatic rings. The Labute approximate surface area is 171 Å². The van der Waals surface area contributed by atoms with E-state index in [0.717, 1.165) is 0 Å². The molecule has 0 aliphatic heterocycles. The molecule has 0 aromatic heterocycles. The van der Waals surface area contributed by atoms with E-state index < -0.39 is 23.9 Å². The Bertz CT molecular complexity index is 1070. The lowest BCUT2D eigenvalue weighted by Crippen LogP contribution is -2.08. The summed E-state index contributed by atoms with van der Waals surface area (Å²) in [5.41, 5.74) is -0.0323. The third-order valence-electron chi connectivity index (χ3n) is 4.28. The van der Waals surface area contributed by atoms with Crippen molar-refractivity contribution in [3.8, 4) is 11.8 Å². The van der Waals surface area contributed by atoms with Crippen LogP contribution >= 0.6 is 0 Å². The van der Waals surface area contributed by atoms with Crippen molar-refractivity contribution in [3.63, 3.8) is 0 Å². The molecule has 0 saturated heterocycles. The number of carboxylic acids is 4. The van der Waals surface area contributed by atoms with Gasteiger partial charge in [-0.25, -0.2) is 19.2 Å². The molecule has 0 bridgehead atoms. The van der Waals surface area contributed by atoms with Crippen LogP contribution in [0.2, 0.25) is 0 Å². The van der Waals surface area contributed by atoms with Gasteiger partial charge in [0, 0.05) is 12.0 Å². The number of benzene rings is 2. The van der Waals surface area contributed by atoms with Gasteiger partial charge in [0.2, 0.25) is 0 Å². The molecule has 2 aromatic rings. The fourth-order valence-electron chi connectivity index (χ4n) is 2.80. The molecule has 2 aromatic carbocycles.